The Labute approximate surface area is 58.0 Å². The zero-order chi connectivity index (χ0) is 7.78. The van der Waals surface area contributed by atoms with E-state index in [2.05, 4.69) is 0 Å². The van der Waals surface area contributed by atoms with E-state index in [1.165, 1.54) is 0 Å². The first-order valence-corrected chi connectivity index (χ1v) is 3.35. The van der Waals surface area contributed by atoms with Gasteiger partial charge in [0.05, 0.1) is 12.1 Å². The molecule has 1 aliphatic carbocycles. The third kappa shape index (κ3) is 1.27. The van der Waals surface area contributed by atoms with Gasteiger partial charge in [-0.05, 0) is 12.8 Å². The van der Waals surface area contributed by atoms with Crippen molar-refractivity contribution in [3.05, 3.63) is 0 Å². The molecule has 0 aromatic heterocycles. The number of rotatable bonds is 0. The van der Waals surface area contributed by atoms with Crippen molar-refractivity contribution in [1.82, 2.24) is 0 Å². The van der Waals surface area contributed by atoms with E-state index < -0.39 is 18.1 Å². The molecule has 2 nitrogen and oxygen atoms in total. The maximum atomic E-state index is 12.6. The molecular weight excluding hydrogens is 140 g/mol. The van der Waals surface area contributed by atoms with E-state index in [0.29, 0.717) is 12.8 Å². The summed E-state index contributed by atoms with van der Waals surface area (Å²) in [5, 5.41) is 8.91. The predicted molar refractivity (Wildman–Crippen MR) is 32.8 cm³/mol. The molecule has 1 unspecified atom stereocenters. The minimum atomic E-state index is -2.86. The maximum absolute atomic E-state index is 12.6. The van der Waals surface area contributed by atoms with Gasteiger partial charge in [0.2, 0.25) is 0 Å². The Hall–Kier alpha value is -0.220. The number of aliphatic hydroxyl groups excluding tert-OH is 1. The number of hydrogen-bond donors (Lipinski definition) is 2. The first-order valence-electron chi connectivity index (χ1n) is 3.35. The largest absolute Gasteiger partial charge is 0.391 e. The second kappa shape index (κ2) is 2.43. The molecule has 4 heteroatoms. The van der Waals surface area contributed by atoms with Crippen LogP contribution in [0.25, 0.3) is 0 Å². The Morgan fingerprint density at radius 2 is 2.10 bits per heavy atom. The molecule has 3 N–H and O–H groups in total. The highest BCUT2D eigenvalue weighted by Gasteiger charge is 2.43. The molecule has 10 heavy (non-hydrogen) atoms. The van der Waals surface area contributed by atoms with Gasteiger partial charge in [0.1, 0.15) is 0 Å². The summed E-state index contributed by atoms with van der Waals surface area (Å²) in [7, 11) is 0. The molecule has 0 amide bonds. The van der Waals surface area contributed by atoms with E-state index in [-0.39, 0.29) is 6.42 Å². The fourth-order valence-electron chi connectivity index (χ4n) is 1.17. The van der Waals surface area contributed by atoms with E-state index in [9.17, 15) is 8.78 Å². The molecular formula is C6H11F2NO. The quantitative estimate of drug-likeness (QED) is 0.529. The zero-order valence-electron chi connectivity index (χ0n) is 5.56. The Morgan fingerprint density at radius 1 is 1.50 bits per heavy atom. The molecule has 0 heterocycles. The molecule has 60 valence electrons. The molecule has 1 rings (SSSR count). The third-order valence-electron chi connectivity index (χ3n) is 1.91. The second-order valence-corrected chi connectivity index (χ2v) is 2.75. The smallest absolute Gasteiger partial charge is 0.265 e. The molecule has 1 fully saturated rings. The van der Waals surface area contributed by atoms with Gasteiger partial charge < -0.3 is 10.8 Å². The van der Waals surface area contributed by atoms with Gasteiger partial charge >= 0.3 is 0 Å². The summed E-state index contributed by atoms with van der Waals surface area (Å²) in [5.74, 6) is -2.86. The SMILES string of the molecule is N[C@@H]1C(O)CCCC1(F)F. The van der Waals surface area contributed by atoms with Crippen molar-refractivity contribution in [2.75, 3.05) is 0 Å². The normalized spacial score (nSPS) is 39.6. The number of alkyl halides is 2. The molecule has 0 radical (unpaired) electrons. The fourth-order valence-corrected chi connectivity index (χ4v) is 1.17. The number of nitrogens with two attached hydrogens (primary N) is 1. The lowest BCUT2D eigenvalue weighted by Gasteiger charge is -2.32. The van der Waals surface area contributed by atoms with E-state index in [1.807, 2.05) is 0 Å². The lowest BCUT2D eigenvalue weighted by Crippen LogP contribution is -2.52. The summed E-state index contributed by atoms with van der Waals surface area (Å²) in [6, 6.07) is -1.36. The number of halogens is 2. The summed E-state index contributed by atoms with van der Waals surface area (Å²) >= 11 is 0. The summed E-state index contributed by atoms with van der Waals surface area (Å²) in [5.41, 5.74) is 5.06. The van der Waals surface area contributed by atoms with Crippen molar-refractivity contribution in [3.8, 4) is 0 Å². The van der Waals surface area contributed by atoms with Gasteiger partial charge in [0.15, 0.2) is 0 Å². The average Bonchev–Trinajstić information content (AvgIpc) is 1.83. The summed E-state index contributed by atoms with van der Waals surface area (Å²) in [6.07, 6.45) is -0.451. The van der Waals surface area contributed by atoms with Crippen LogP contribution in [0.5, 0.6) is 0 Å². The van der Waals surface area contributed by atoms with Crippen molar-refractivity contribution in [2.45, 2.75) is 37.3 Å². The van der Waals surface area contributed by atoms with Crippen LogP contribution in [0.3, 0.4) is 0 Å². The van der Waals surface area contributed by atoms with Gasteiger partial charge in [0, 0.05) is 6.42 Å². The second-order valence-electron chi connectivity index (χ2n) is 2.75. The van der Waals surface area contributed by atoms with Gasteiger partial charge in [0.25, 0.3) is 5.92 Å². The van der Waals surface area contributed by atoms with Crippen molar-refractivity contribution < 1.29 is 13.9 Å². The minimum Gasteiger partial charge on any atom is -0.391 e. The number of aliphatic hydroxyl groups is 1. The standard InChI is InChI=1S/C6H11F2NO/c7-6(8)3-1-2-4(10)5(6)9/h4-5,10H,1-3,9H2/t4?,5-/m1/s1. The highest BCUT2D eigenvalue weighted by Crippen LogP contribution is 2.32. The van der Waals surface area contributed by atoms with Crippen molar-refractivity contribution in [2.24, 2.45) is 5.73 Å². The van der Waals surface area contributed by atoms with Gasteiger partial charge in [-0.1, -0.05) is 0 Å². The third-order valence-corrected chi connectivity index (χ3v) is 1.91. The highest BCUT2D eigenvalue weighted by molar-refractivity contribution is 4.90. The molecule has 0 aromatic carbocycles. The van der Waals surface area contributed by atoms with Crippen LogP contribution in [0.1, 0.15) is 19.3 Å². The first kappa shape index (κ1) is 7.88. The predicted octanol–water partition coefficient (Wildman–Crippen LogP) is 0.494. The Kier molecular flexibility index (Phi) is 1.92. The van der Waals surface area contributed by atoms with Crippen LogP contribution in [0, 0.1) is 0 Å². The van der Waals surface area contributed by atoms with E-state index in [4.69, 9.17) is 10.8 Å². The lowest BCUT2D eigenvalue weighted by molar-refractivity contribution is -0.0953. The van der Waals surface area contributed by atoms with Gasteiger partial charge in [-0.25, -0.2) is 8.78 Å². The van der Waals surface area contributed by atoms with Crippen LogP contribution in [0.4, 0.5) is 8.78 Å². The van der Waals surface area contributed by atoms with Gasteiger partial charge in [-0.2, -0.15) is 0 Å². The lowest BCUT2D eigenvalue weighted by atomic mass is 9.90. The summed E-state index contributed by atoms with van der Waals surface area (Å²) in [6.45, 7) is 0. The van der Waals surface area contributed by atoms with Crippen LogP contribution < -0.4 is 5.73 Å². The van der Waals surface area contributed by atoms with Gasteiger partial charge in [-0.15, -0.1) is 0 Å². The molecule has 0 saturated heterocycles. The Bertz CT molecular complexity index is 129. The van der Waals surface area contributed by atoms with Crippen molar-refractivity contribution in [1.29, 1.82) is 0 Å². The topological polar surface area (TPSA) is 46.2 Å². The molecule has 0 aliphatic heterocycles. The molecule has 0 spiro atoms. The summed E-state index contributed by atoms with van der Waals surface area (Å²) < 4.78 is 25.1. The van der Waals surface area contributed by atoms with Crippen LogP contribution in [0.15, 0.2) is 0 Å². The van der Waals surface area contributed by atoms with E-state index in [1.54, 1.807) is 0 Å². The molecule has 0 bridgehead atoms. The van der Waals surface area contributed by atoms with Crippen LogP contribution in [-0.4, -0.2) is 23.2 Å². The Balaban J connectivity index is 2.60. The molecule has 2 atom stereocenters. The first-order chi connectivity index (χ1) is 4.54. The highest BCUT2D eigenvalue weighted by atomic mass is 19.3. The molecule has 0 aromatic rings. The van der Waals surface area contributed by atoms with Gasteiger partial charge in [-0.3, -0.25) is 0 Å². The fraction of sp³-hybridized carbons (Fsp3) is 1.00. The summed E-state index contributed by atoms with van der Waals surface area (Å²) in [4.78, 5) is 0. The van der Waals surface area contributed by atoms with Crippen molar-refractivity contribution >= 4 is 0 Å². The van der Waals surface area contributed by atoms with Crippen LogP contribution in [-0.2, 0) is 0 Å². The van der Waals surface area contributed by atoms with E-state index in [0.717, 1.165) is 0 Å². The molecule has 1 saturated carbocycles. The van der Waals surface area contributed by atoms with Crippen molar-refractivity contribution in [3.63, 3.8) is 0 Å². The number of hydrogen-bond acceptors (Lipinski definition) is 2. The van der Waals surface area contributed by atoms with Crippen LogP contribution >= 0.6 is 0 Å². The Morgan fingerprint density at radius 3 is 2.50 bits per heavy atom. The van der Waals surface area contributed by atoms with Crippen LogP contribution in [0.2, 0.25) is 0 Å². The average molecular weight is 151 g/mol. The monoisotopic (exact) mass is 151 g/mol. The molecule has 1 aliphatic rings. The minimum absolute atomic E-state index is 0.189. The maximum Gasteiger partial charge on any atom is 0.265 e. The van der Waals surface area contributed by atoms with E-state index >= 15 is 0 Å². The zero-order valence-corrected chi connectivity index (χ0v) is 5.56.